The van der Waals surface area contributed by atoms with Crippen molar-refractivity contribution in [2.75, 3.05) is 35.0 Å². The highest BCUT2D eigenvalue weighted by atomic mass is 32.1. The molecule has 0 amide bonds. The van der Waals surface area contributed by atoms with E-state index in [0.29, 0.717) is 23.8 Å². The molecule has 0 spiro atoms. The second-order valence-corrected chi connectivity index (χ2v) is 7.35. The molecule has 0 N–H and O–H groups in total. The second-order valence-electron chi connectivity index (χ2n) is 6.51. The molecule has 1 heterocycles. The van der Waals surface area contributed by atoms with Crippen molar-refractivity contribution in [3.8, 4) is 34.3 Å². The van der Waals surface area contributed by atoms with E-state index in [-0.39, 0.29) is 0 Å². The van der Waals surface area contributed by atoms with Gasteiger partial charge in [-0.2, -0.15) is 5.10 Å². The van der Waals surface area contributed by atoms with Crippen molar-refractivity contribution < 1.29 is 18.9 Å². The van der Waals surface area contributed by atoms with E-state index in [1.165, 1.54) is 11.3 Å². The SMILES string of the molecule is CCN=c1scc(-c2ccc(OC)cc2OC)n1N=C(C)c1ccc(OC)c(OC)c1. The topological polar surface area (TPSA) is 66.6 Å². The van der Waals surface area contributed by atoms with Gasteiger partial charge < -0.3 is 18.9 Å². The van der Waals surface area contributed by atoms with Gasteiger partial charge in [-0.3, -0.25) is 4.99 Å². The summed E-state index contributed by atoms with van der Waals surface area (Å²) in [6.45, 7) is 4.61. The molecule has 0 aliphatic carbocycles. The molecule has 7 nitrogen and oxygen atoms in total. The Bertz CT molecular complexity index is 1150. The first-order valence-electron chi connectivity index (χ1n) is 9.77. The summed E-state index contributed by atoms with van der Waals surface area (Å²) in [6, 6.07) is 11.5. The van der Waals surface area contributed by atoms with Gasteiger partial charge in [0.2, 0.25) is 4.80 Å². The lowest BCUT2D eigenvalue weighted by Gasteiger charge is -2.12. The predicted molar refractivity (Wildman–Crippen MR) is 124 cm³/mol. The quantitative estimate of drug-likeness (QED) is 0.485. The molecule has 0 radical (unpaired) electrons. The molecular formula is C23H27N3O4S. The van der Waals surface area contributed by atoms with Gasteiger partial charge >= 0.3 is 0 Å². The molecule has 0 saturated heterocycles. The fraction of sp³-hybridized carbons (Fsp3) is 0.304. The zero-order chi connectivity index (χ0) is 22.4. The van der Waals surface area contributed by atoms with E-state index in [0.717, 1.165) is 33.1 Å². The number of aromatic nitrogens is 1. The van der Waals surface area contributed by atoms with Gasteiger partial charge in [-0.25, -0.2) is 4.68 Å². The molecule has 0 aliphatic heterocycles. The minimum atomic E-state index is 0.653. The van der Waals surface area contributed by atoms with E-state index in [1.807, 2.05) is 60.3 Å². The molecule has 164 valence electrons. The van der Waals surface area contributed by atoms with Gasteiger partial charge in [0.05, 0.1) is 39.8 Å². The lowest BCUT2D eigenvalue weighted by atomic mass is 10.1. The molecule has 31 heavy (non-hydrogen) atoms. The smallest absolute Gasteiger partial charge is 0.206 e. The van der Waals surface area contributed by atoms with E-state index in [2.05, 4.69) is 4.99 Å². The third-order valence-electron chi connectivity index (χ3n) is 4.71. The molecule has 0 saturated carbocycles. The fourth-order valence-electron chi connectivity index (χ4n) is 3.10. The Hall–Kier alpha value is -3.26. The Morgan fingerprint density at radius 3 is 2.29 bits per heavy atom. The third-order valence-corrected chi connectivity index (χ3v) is 5.57. The summed E-state index contributed by atoms with van der Waals surface area (Å²) in [5, 5.41) is 6.93. The second kappa shape index (κ2) is 10.2. The average Bonchev–Trinajstić information content (AvgIpc) is 3.19. The van der Waals surface area contributed by atoms with Crippen LogP contribution in [0.1, 0.15) is 19.4 Å². The van der Waals surface area contributed by atoms with Crippen LogP contribution in [0, 0.1) is 0 Å². The minimum Gasteiger partial charge on any atom is -0.497 e. The maximum atomic E-state index is 5.61. The molecule has 1 aromatic heterocycles. The van der Waals surface area contributed by atoms with E-state index in [4.69, 9.17) is 24.0 Å². The highest BCUT2D eigenvalue weighted by Crippen LogP contribution is 2.34. The van der Waals surface area contributed by atoms with Gasteiger partial charge in [0.25, 0.3) is 0 Å². The fourth-order valence-corrected chi connectivity index (χ4v) is 3.99. The van der Waals surface area contributed by atoms with Gasteiger partial charge in [0, 0.05) is 29.1 Å². The standard InChI is InChI=1S/C23H27N3O4S/c1-7-24-23-26(25-15(2)16-8-11-20(28-4)22(12-16)30-6)19(14-31-23)18-10-9-17(27-3)13-21(18)29-5/h8-14H,7H2,1-6H3. The molecule has 0 fully saturated rings. The number of ether oxygens (including phenoxy) is 4. The number of hydrogen-bond acceptors (Lipinski definition) is 7. The minimum absolute atomic E-state index is 0.653. The van der Waals surface area contributed by atoms with Crippen molar-refractivity contribution in [2.24, 2.45) is 10.1 Å². The number of rotatable bonds is 8. The third kappa shape index (κ3) is 4.74. The highest BCUT2D eigenvalue weighted by Gasteiger charge is 2.15. The molecule has 3 aromatic rings. The van der Waals surface area contributed by atoms with E-state index >= 15 is 0 Å². The molecule has 0 bridgehead atoms. The van der Waals surface area contributed by atoms with Crippen LogP contribution in [0.5, 0.6) is 23.0 Å². The Morgan fingerprint density at radius 2 is 1.65 bits per heavy atom. The van der Waals surface area contributed by atoms with Crippen LogP contribution in [0.15, 0.2) is 51.9 Å². The van der Waals surface area contributed by atoms with Crippen LogP contribution in [-0.2, 0) is 0 Å². The Balaban J connectivity index is 2.16. The van der Waals surface area contributed by atoms with Crippen LogP contribution in [0.25, 0.3) is 11.3 Å². The maximum Gasteiger partial charge on any atom is 0.206 e. The number of hydrogen-bond donors (Lipinski definition) is 0. The van der Waals surface area contributed by atoms with Gasteiger partial charge in [0.1, 0.15) is 11.5 Å². The molecular weight excluding hydrogens is 414 g/mol. The zero-order valence-electron chi connectivity index (χ0n) is 18.6. The van der Waals surface area contributed by atoms with Gasteiger partial charge in [-0.15, -0.1) is 11.3 Å². The Morgan fingerprint density at radius 1 is 0.903 bits per heavy atom. The van der Waals surface area contributed by atoms with Crippen molar-refractivity contribution in [3.05, 3.63) is 52.1 Å². The first kappa shape index (κ1) is 22.4. The first-order chi connectivity index (χ1) is 15.1. The number of thiazole rings is 1. The summed E-state index contributed by atoms with van der Waals surface area (Å²) < 4.78 is 23.6. The van der Waals surface area contributed by atoms with Crippen molar-refractivity contribution in [1.82, 2.24) is 4.68 Å². The Kier molecular flexibility index (Phi) is 7.36. The van der Waals surface area contributed by atoms with Gasteiger partial charge in [0.15, 0.2) is 11.5 Å². The molecule has 0 unspecified atom stereocenters. The lowest BCUT2D eigenvalue weighted by molar-refractivity contribution is 0.355. The summed E-state index contributed by atoms with van der Waals surface area (Å²) in [5.41, 5.74) is 3.52. The summed E-state index contributed by atoms with van der Waals surface area (Å²) in [5.74, 6) is 2.76. The first-order valence-corrected chi connectivity index (χ1v) is 10.7. The van der Waals surface area contributed by atoms with Crippen molar-refractivity contribution in [3.63, 3.8) is 0 Å². The van der Waals surface area contributed by atoms with Crippen molar-refractivity contribution in [1.29, 1.82) is 0 Å². The normalized spacial score (nSPS) is 12.1. The molecule has 2 aromatic carbocycles. The number of benzene rings is 2. The van der Waals surface area contributed by atoms with Crippen LogP contribution in [-0.4, -0.2) is 45.4 Å². The highest BCUT2D eigenvalue weighted by molar-refractivity contribution is 7.07. The zero-order valence-corrected chi connectivity index (χ0v) is 19.4. The lowest BCUT2D eigenvalue weighted by Crippen LogP contribution is -2.14. The molecule has 8 heteroatoms. The summed E-state index contributed by atoms with van der Waals surface area (Å²) in [7, 11) is 6.51. The Labute approximate surface area is 186 Å². The number of nitrogens with zero attached hydrogens (tertiary/aromatic N) is 3. The van der Waals surface area contributed by atoms with Crippen LogP contribution >= 0.6 is 11.3 Å². The number of methoxy groups -OCH3 is 4. The predicted octanol–water partition coefficient (Wildman–Crippen LogP) is 4.44. The summed E-state index contributed by atoms with van der Waals surface area (Å²) in [4.78, 5) is 5.42. The van der Waals surface area contributed by atoms with Gasteiger partial charge in [-0.1, -0.05) is 0 Å². The molecule has 0 aliphatic rings. The summed E-state index contributed by atoms with van der Waals surface area (Å²) >= 11 is 1.53. The van der Waals surface area contributed by atoms with E-state index in [9.17, 15) is 0 Å². The summed E-state index contributed by atoms with van der Waals surface area (Å²) in [6.07, 6.45) is 0. The molecule has 0 atom stereocenters. The monoisotopic (exact) mass is 441 g/mol. The maximum absolute atomic E-state index is 5.61. The van der Waals surface area contributed by atoms with Crippen LogP contribution < -0.4 is 23.7 Å². The van der Waals surface area contributed by atoms with Crippen molar-refractivity contribution >= 4 is 17.0 Å². The van der Waals surface area contributed by atoms with Crippen LogP contribution in [0.2, 0.25) is 0 Å². The van der Waals surface area contributed by atoms with E-state index < -0.39 is 0 Å². The molecule has 3 rings (SSSR count). The average molecular weight is 442 g/mol. The van der Waals surface area contributed by atoms with Crippen LogP contribution in [0.4, 0.5) is 0 Å². The van der Waals surface area contributed by atoms with Crippen molar-refractivity contribution in [2.45, 2.75) is 13.8 Å². The van der Waals surface area contributed by atoms with Gasteiger partial charge in [-0.05, 0) is 44.2 Å². The van der Waals surface area contributed by atoms with E-state index in [1.54, 1.807) is 28.4 Å². The van der Waals surface area contributed by atoms with Crippen LogP contribution in [0.3, 0.4) is 0 Å². The largest absolute Gasteiger partial charge is 0.497 e.